The number of benzene rings is 1. The number of aliphatic carboxylic acids is 1. The summed E-state index contributed by atoms with van der Waals surface area (Å²) in [5.41, 5.74) is 1.34. The van der Waals surface area contributed by atoms with Crippen molar-refractivity contribution in [3.05, 3.63) is 39.9 Å². The number of carbonyl (C=O) groups is 2. The molecule has 0 unspecified atom stereocenters. The highest BCUT2D eigenvalue weighted by molar-refractivity contribution is 9.10. The second-order valence-corrected chi connectivity index (χ2v) is 4.92. The quantitative estimate of drug-likeness (QED) is 0.496. The number of Topliss-reactive ketones (excluding diaryl/α,β-unsaturated/α-hetero) is 1. The van der Waals surface area contributed by atoms with Gasteiger partial charge in [0.1, 0.15) is 0 Å². The van der Waals surface area contributed by atoms with Gasteiger partial charge in [-0.05, 0) is 17.7 Å². The van der Waals surface area contributed by atoms with E-state index < -0.39 is 5.97 Å². The molecule has 0 radical (unpaired) electrons. The van der Waals surface area contributed by atoms with Crippen molar-refractivity contribution in [1.82, 2.24) is 0 Å². The van der Waals surface area contributed by atoms with Crippen LogP contribution in [0.3, 0.4) is 0 Å². The van der Waals surface area contributed by atoms with Crippen molar-refractivity contribution in [2.24, 2.45) is 0 Å². The first-order valence-corrected chi connectivity index (χ1v) is 6.75. The zero-order chi connectivity index (χ0) is 12.8. The molecule has 0 saturated heterocycles. The molecule has 1 rings (SSSR count). The van der Waals surface area contributed by atoms with E-state index in [0.29, 0.717) is 21.8 Å². The van der Waals surface area contributed by atoms with Gasteiger partial charge in [-0.2, -0.15) is 0 Å². The molecule has 90 valence electrons. The molecule has 0 spiro atoms. The maximum atomic E-state index is 11.6. The monoisotopic (exact) mass is 360 g/mol. The minimum atomic E-state index is -1.00. The number of carboxylic acid groups (broad SMARTS) is 1. The molecule has 0 saturated carbocycles. The summed E-state index contributed by atoms with van der Waals surface area (Å²) in [4.78, 5) is 22.0. The van der Waals surface area contributed by atoms with Gasteiger partial charge in [0.15, 0.2) is 5.78 Å². The lowest BCUT2D eigenvalue weighted by molar-refractivity contribution is -0.131. The summed E-state index contributed by atoms with van der Waals surface area (Å²) in [5.74, 6) is -0.951. The Bertz CT molecular complexity index is 467. The Morgan fingerprint density at radius 3 is 2.59 bits per heavy atom. The van der Waals surface area contributed by atoms with Crippen molar-refractivity contribution in [3.8, 4) is 0 Å². The minimum absolute atomic E-state index is 0.0522. The van der Waals surface area contributed by atoms with Crippen molar-refractivity contribution in [2.45, 2.75) is 6.42 Å². The van der Waals surface area contributed by atoms with E-state index in [4.69, 9.17) is 5.11 Å². The highest BCUT2D eigenvalue weighted by Crippen LogP contribution is 2.21. The third-order valence-electron chi connectivity index (χ3n) is 2.05. The fourth-order valence-electron chi connectivity index (χ4n) is 1.23. The summed E-state index contributed by atoms with van der Waals surface area (Å²) in [6, 6.07) is 5.11. The average Bonchev–Trinajstić information content (AvgIpc) is 2.27. The zero-order valence-electron chi connectivity index (χ0n) is 8.82. The Morgan fingerprint density at radius 1 is 1.35 bits per heavy atom. The topological polar surface area (TPSA) is 54.4 Å². The van der Waals surface area contributed by atoms with Gasteiger partial charge in [-0.15, -0.1) is 0 Å². The SMILES string of the molecule is O=C(O)/C=C/c1ccc(C(=O)CCBr)cc1Br. The van der Waals surface area contributed by atoms with E-state index in [9.17, 15) is 9.59 Å². The van der Waals surface area contributed by atoms with Crippen LogP contribution < -0.4 is 0 Å². The number of ketones is 1. The predicted molar refractivity (Wildman–Crippen MR) is 73.6 cm³/mol. The van der Waals surface area contributed by atoms with Gasteiger partial charge in [-0.1, -0.05) is 44.0 Å². The zero-order valence-corrected chi connectivity index (χ0v) is 12.0. The number of hydrogen-bond donors (Lipinski definition) is 1. The highest BCUT2D eigenvalue weighted by Gasteiger charge is 2.06. The molecule has 0 fully saturated rings. The van der Waals surface area contributed by atoms with Gasteiger partial charge in [0.25, 0.3) is 0 Å². The molecule has 17 heavy (non-hydrogen) atoms. The van der Waals surface area contributed by atoms with Crippen LogP contribution in [0.25, 0.3) is 6.08 Å². The molecule has 0 aliphatic heterocycles. The van der Waals surface area contributed by atoms with Gasteiger partial charge in [0, 0.05) is 27.9 Å². The van der Waals surface area contributed by atoms with Crippen molar-refractivity contribution in [3.63, 3.8) is 0 Å². The van der Waals surface area contributed by atoms with Gasteiger partial charge in [-0.3, -0.25) is 4.79 Å². The molecule has 5 heteroatoms. The van der Waals surface area contributed by atoms with Crippen LogP contribution in [0, 0.1) is 0 Å². The van der Waals surface area contributed by atoms with Crippen LogP contribution in [0.5, 0.6) is 0 Å². The lowest BCUT2D eigenvalue weighted by Gasteiger charge is -2.02. The van der Waals surface area contributed by atoms with E-state index in [1.54, 1.807) is 18.2 Å². The third kappa shape index (κ3) is 4.44. The molecular formula is C12H10Br2O3. The summed E-state index contributed by atoms with van der Waals surface area (Å²) in [6.45, 7) is 0. The van der Waals surface area contributed by atoms with E-state index in [1.165, 1.54) is 6.08 Å². The fourth-order valence-corrected chi connectivity index (χ4v) is 2.10. The largest absolute Gasteiger partial charge is 0.478 e. The second-order valence-electron chi connectivity index (χ2n) is 3.27. The van der Waals surface area contributed by atoms with Crippen molar-refractivity contribution in [1.29, 1.82) is 0 Å². The number of alkyl halides is 1. The molecule has 0 amide bonds. The maximum absolute atomic E-state index is 11.6. The first-order valence-electron chi connectivity index (χ1n) is 4.84. The van der Waals surface area contributed by atoms with Crippen molar-refractivity contribution < 1.29 is 14.7 Å². The molecule has 0 atom stereocenters. The summed E-state index contributed by atoms with van der Waals surface area (Å²) in [7, 11) is 0. The normalized spacial score (nSPS) is 10.7. The van der Waals surface area contributed by atoms with Crippen molar-refractivity contribution >= 4 is 49.7 Å². The number of halogens is 2. The van der Waals surface area contributed by atoms with Gasteiger partial charge in [0.05, 0.1) is 0 Å². The predicted octanol–water partition coefficient (Wildman–Crippen LogP) is 3.51. The van der Waals surface area contributed by atoms with Gasteiger partial charge in [-0.25, -0.2) is 4.79 Å². The standard InChI is InChI=1S/C12H10Br2O3/c13-6-5-11(15)9-2-1-8(10(14)7-9)3-4-12(16)17/h1-4,7H,5-6H2,(H,16,17)/b4-3+. The molecule has 0 bridgehead atoms. The molecular weight excluding hydrogens is 352 g/mol. The fraction of sp³-hybridized carbons (Fsp3) is 0.167. The molecule has 1 aromatic rings. The Kier molecular flexibility index (Phi) is 5.58. The maximum Gasteiger partial charge on any atom is 0.328 e. The van der Waals surface area contributed by atoms with E-state index >= 15 is 0 Å². The van der Waals surface area contributed by atoms with Gasteiger partial charge in [0.2, 0.25) is 0 Å². The Hall–Kier alpha value is -0.940. The van der Waals surface area contributed by atoms with E-state index in [0.717, 1.165) is 11.6 Å². The van der Waals surface area contributed by atoms with Crippen LogP contribution in [0.15, 0.2) is 28.7 Å². The Morgan fingerprint density at radius 2 is 2.06 bits per heavy atom. The molecule has 0 aromatic heterocycles. The molecule has 3 nitrogen and oxygen atoms in total. The lowest BCUT2D eigenvalue weighted by Crippen LogP contribution is -1.99. The smallest absolute Gasteiger partial charge is 0.328 e. The van der Waals surface area contributed by atoms with Crippen LogP contribution >= 0.6 is 31.9 Å². The van der Waals surface area contributed by atoms with Crippen LogP contribution in [-0.4, -0.2) is 22.2 Å². The second kappa shape index (κ2) is 6.71. The van der Waals surface area contributed by atoms with Gasteiger partial charge < -0.3 is 5.11 Å². The molecule has 0 heterocycles. The van der Waals surface area contributed by atoms with E-state index in [-0.39, 0.29) is 5.78 Å². The third-order valence-corrected chi connectivity index (χ3v) is 3.13. The number of carboxylic acids is 1. The molecule has 0 aliphatic carbocycles. The molecule has 1 N–H and O–H groups in total. The summed E-state index contributed by atoms with van der Waals surface area (Å²) >= 11 is 6.52. The minimum Gasteiger partial charge on any atom is -0.478 e. The van der Waals surface area contributed by atoms with Crippen LogP contribution in [-0.2, 0) is 4.79 Å². The summed E-state index contributed by atoms with van der Waals surface area (Å²) in [6.07, 6.45) is 2.97. The van der Waals surface area contributed by atoms with Gasteiger partial charge >= 0.3 is 5.97 Å². The molecule has 1 aromatic carbocycles. The van der Waals surface area contributed by atoms with E-state index in [2.05, 4.69) is 31.9 Å². The van der Waals surface area contributed by atoms with Crippen molar-refractivity contribution in [2.75, 3.05) is 5.33 Å². The first-order chi connectivity index (χ1) is 8.04. The number of hydrogen-bond acceptors (Lipinski definition) is 2. The highest BCUT2D eigenvalue weighted by atomic mass is 79.9. The van der Waals surface area contributed by atoms with Crippen LogP contribution in [0.4, 0.5) is 0 Å². The first kappa shape index (κ1) is 14.1. The summed E-state index contributed by atoms with van der Waals surface area (Å²) in [5, 5.41) is 9.15. The Balaban J connectivity index is 2.93. The lowest BCUT2D eigenvalue weighted by atomic mass is 10.1. The van der Waals surface area contributed by atoms with E-state index in [1.807, 2.05) is 0 Å². The Labute approximate surface area is 116 Å². The molecule has 0 aliphatic rings. The number of rotatable bonds is 5. The number of carbonyl (C=O) groups excluding carboxylic acids is 1. The van der Waals surface area contributed by atoms with Crippen LogP contribution in [0.1, 0.15) is 22.3 Å². The summed E-state index contributed by atoms with van der Waals surface area (Å²) < 4.78 is 0.704. The van der Waals surface area contributed by atoms with Crippen LogP contribution in [0.2, 0.25) is 0 Å². The average molecular weight is 362 g/mol.